The molecule has 0 aliphatic rings. The molecule has 0 atom stereocenters. The van der Waals surface area contributed by atoms with Crippen LogP contribution in [0.3, 0.4) is 0 Å². The summed E-state index contributed by atoms with van der Waals surface area (Å²) in [7, 11) is 0. The lowest BCUT2D eigenvalue weighted by atomic mass is 10.2. The summed E-state index contributed by atoms with van der Waals surface area (Å²) < 4.78 is 25.3. The Morgan fingerprint density at radius 3 is 2.58 bits per heavy atom. The highest BCUT2D eigenvalue weighted by Gasteiger charge is 2.05. The molecule has 0 nitrogen and oxygen atoms in total. The number of hydrogen-bond donors (Lipinski definition) is 0. The Morgan fingerprint density at radius 2 is 2.25 bits per heavy atom. The maximum atomic E-state index is 12.8. The molecule has 3 heteroatoms. The van der Waals surface area contributed by atoms with E-state index < -0.39 is 0 Å². The molecule has 0 aromatic carbocycles. The summed E-state index contributed by atoms with van der Waals surface area (Å²) in [5.74, 6) is -0.341. The predicted octanol–water partition coefficient (Wildman–Crippen LogP) is 3.77. The van der Waals surface area contributed by atoms with Gasteiger partial charge in [0.15, 0.2) is 5.13 Å². The molecule has 0 aliphatic carbocycles. The SMILES string of the molecule is C=C/C(=C(\C)F)c1ccc(F)s1. The van der Waals surface area contributed by atoms with Crippen molar-refractivity contribution in [3.63, 3.8) is 0 Å². The molecule has 1 rings (SSSR count). The zero-order valence-corrected chi connectivity index (χ0v) is 7.42. The van der Waals surface area contributed by atoms with Crippen molar-refractivity contribution < 1.29 is 8.78 Å². The van der Waals surface area contributed by atoms with Crippen molar-refractivity contribution in [3.8, 4) is 0 Å². The van der Waals surface area contributed by atoms with Gasteiger partial charge in [0.2, 0.25) is 0 Å². The van der Waals surface area contributed by atoms with E-state index in [4.69, 9.17) is 0 Å². The van der Waals surface area contributed by atoms with Crippen LogP contribution < -0.4 is 0 Å². The minimum Gasteiger partial charge on any atom is -0.211 e. The van der Waals surface area contributed by atoms with E-state index in [1.54, 1.807) is 6.07 Å². The summed E-state index contributed by atoms with van der Waals surface area (Å²) in [6, 6.07) is 2.85. The third kappa shape index (κ3) is 1.80. The Morgan fingerprint density at radius 1 is 1.58 bits per heavy atom. The van der Waals surface area contributed by atoms with Gasteiger partial charge in [-0.1, -0.05) is 12.7 Å². The largest absolute Gasteiger partial charge is 0.211 e. The Bertz CT molecular complexity index is 319. The van der Waals surface area contributed by atoms with Crippen LogP contribution in [0.5, 0.6) is 0 Å². The fourth-order valence-corrected chi connectivity index (χ4v) is 1.69. The molecule has 0 fully saturated rings. The van der Waals surface area contributed by atoms with Gasteiger partial charge in [-0.15, -0.1) is 11.3 Å². The Hall–Kier alpha value is -0.960. The third-order valence-electron chi connectivity index (χ3n) is 1.41. The van der Waals surface area contributed by atoms with Crippen molar-refractivity contribution in [2.45, 2.75) is 6.92 Å². The highest BCUT2D eigenvalue weighted by atomic mass is 32.1. The molecule has 0 aliphatic heterocycles. The van der Waals surface area contributed by atoms with Crippen molar-refractivity contribution in [2.24, 2.45) is 0 Å². The van der Waals surface area contributed by atoms with Gasteiger partial charge in [0.1, 0.15) is 5.83 Å². The minimum absolute atomic E-state index is 0.314. The van der Waals surface area contributed by atoms with E-state index in [9.17, 15) is 8.78 Å². The van der Waals surface area contributed by atoms with Crippen molar-refractivity contribution in [2.75, 3.05) is 0 Å². The Labute approximate surface area is 73.8 Å². The first kappa shape index (κ1) is 9.13. The second-order valence-electron chi connectivity index (χ2n) is 2.26. The van der Waals surface area contributed by atoms with E-state index in [0.717, 1.165) is 11.3 Å². The predicted molar refractivity (Wildman–Crippen MR) is 48.2 cm³/mol. The molecule has 0 N–H and O–H groups in total. The van der Waals surface area contributed by atoms with Crippen LogP contribution >= 0.6 is 11.3 Å². The maximum absolute atomic E-state index is 12.8. The summed E-state index contributed by atoms with van der Waals surface area (Å²) in [4.78, 5) is 0.572. The smallest absolute Gasteiger partial charge is 0.176 e. The van der Waals surface area contributed by atoms with E-state index in [1.165, 1.54) is 19.1 Å². The lowest BCUT2D eigenvalue weighted by molar-refractivity contribution is 0.645. The molecule has 0 spiro atoms. The van der Waals surface area contributed by atoms with E-state index in [0.29, 0.717) is 10.5 Å². The molecule has 1 heterocycles. The maximum Gasteiger partial charge on any atom is 0.176 e. The topological polar surface area (TPSA) is 0 Å². The van der Waals surface area contributed by atoms with E-state index in [1.807, 2.05) is 0 Å². The standard InChI is InChI=1S/C9H8F2S/c1-3-7(6(2)10)8-4-5-9(11)12-8/h3-5H,1H2,2H3/b7-6-. The van der Waals surface area contributed by atoms with E-state index >= 15 is 0 Å². The van der Waals surface area contributed by atoms with Gasteiger partial charge < -0.3 is 0 Å². The van der Waals surface area contributed by atoms with Crippen LogP contribution in [0.15, 0.2) is 30.6 Å². The summed E-state index contributed by atoms with van der Waals surface area (Å²) in [5.41, 5.74) is 0.365. The summed E-state index contributed by atoms with van der Waals surface area (Å²) in [6.07, 6.45) is 1.39. The molecule has 0 amide bonds. The van der Waals surface area contributed by atoms with Gasteiger partial charge in [0, 0.05) is 10.5 Å². The molecule has 0 saturated carbocycles. The third-order valence-corrected chi connectivity index (χ3v) is 2.32. The number of halogens is 2. The monoisotopic (exact) mass is 186 g/mol. The van der Waals surface area contributed by atoms with Crippen LogP contribution in [0.2, 0.25) is 0 Å². The average molecular weight is 186 g/mol. The first-order valence-corrected chi connectivity index (χ1v) is 4.21. The van der Waals surface area contributed by atoms with E-state index in [-0.39, 0.29) is 11.0 Å². The molecule has 0 radical (unpaired) electrons. The molecule has 0 bridgehead atoms. The van der Waals surface area contributed by atoms with Gasteiger partial charge in [-0.05, 0) is 19.1 Å². The molecule has 0 unspecified atom stereocenters. The molecule has 0 saturated heterocycles. The van der Waals surface area contributed by atoms with Crippen molar-refractivity contribution in [1.82, 2.24) is 0 Å². The van der Waals surface area contributed by atoms with E-state index in [2.05, 4.69) is 6.58 Å². The average Bonchev–Trinajstić information content (AvgIpc) is 2.37. The van der Waals surface area contributed by atoms with Gasteiger partial charge in [-0.25, -0.2) is 4.39 Å². The van der Waals surface area contributed by atoms with Gasteiger partial charge in [0.25, 0.3) is 0 Å². The molecule has 1 aromatic heterocycles. The lowest BCUT2D eigenvalue weighted by Gasteiger charge is -1.96. The number of rotatable bonds is 2. The number of thiophene rings is 1. The first-order chi connectivity index (χ1) is 5.65. The second kappa shape index (κ2) is 3.63. The number of allylic oxidation sites excluding steroid dienone is 3. The van der Waals surface area contributed by atoms with Gasteiger partial charge in [-0.2, -0.15) is 4.39 Å². The molecule has 64 valence electrons. The van der Waals surface area contributed by atoms with Crippen molar-refractivity contribution in [3.05, 3.63) is 40.6 Å². The van der Waals surface area contributed by atoms with Crippen LogP contribution in [0, 0.1) is 5.13 Å². The van der Waals surface area contributed by atoms with Gasteiger partial charge in [-0.3, -0.25) is 0 Å². The van der Waals surface area contributed by atoms with Gasteiger partial charge in [0.05, 0.1) is 0 Å². The van der Waals surface area contributed by atoms with Crippen LogP contribution in [-0.2, 0) is 0 Å². The Balaban J connectivity index is 3.12. The van der Waals surface area contributed by atoms with Crippen LogP contribution in [0.25, 0.3) is 5.57 Å². The second-order valence-corrected chi connectivity index (χ2v) is 3.29. The molecule has 12 heavy (non-hydrogen) atoms. The van der Waals surface area contributed by atoms with Crippen molar-refractivity contribution in [1.29, 1.82) is 0 Å². The lowest BCUT2D eigenvalue weighted by Crippen LogP contribution is -1.75. The normalized spacial score (nSPS) is 12.6. The highest BCUT2D eigenvalue weighted by Crippen LogP contribution is 2.26. The first-order valence-electron chi connectivity index (χ1n) is 3.39. The van der Waals surface area contributed by atoms with Crippen LogP contribution in [-0.4, -0.2) is 0 Å². The van der Waals surface area contributed by atoms with Crippen LogP contribution in [0.1, 0.15) is 11.8 Å². The summed E-state index contributed by atoms with van der Waals surface area (Å²) in [6.45, 7) is 4.78. The van der Waals surface area contributed by atoms with Crippen molar-refractivity contribution >= 4 is 16.9 Å². The quantitative estimate of drug-likeness (QED) is 0.617. The van der Waals surface area contributed by atoms with Gasteiger partial charge >= 0.3 is 0 Å². The van der Waals surface area contributed by atoms with Crippen LogP contribution in [0.4, 0.5) is 8.78 Å². The zero-order chi connectivity index (χ0) is 9.14. The molecular weight excluding hydrogens is 178 g/mol. The fraction of sp³-hybridized carbons (Fsp3) is 0.111. The fourth-order valence-electron chi connectivity index (χ4n) is 0.870. The zero-order valence-electron chi connectivity index (χ0n) is 6.60. The molecule has 1 aromatic rings. The molecular formula is C9H8F2S. The minimum atomic E-state index is -0.341. The number of hydrogen-bond acceptors (Lipinski definition) is 1. The summed E-state index contributed by atoms with van der Waals surface area (Å²) in [5, 5.41) is -0.314. The summed E-state index contributed by atoms with van der Waals surface area (Å²) >= 11 is 0.913. The highest BCUT2D eigenvalue weighted by molar-refractivity contribution is 7.11. The Kier molecular flexibility index (Phi) is 2.76.